The van der Waals surface area contributed by atoms with Crippen LogP contribution in [0.25, 0.3) is 0 Å². The third-order valence-corrected chi connectivity index (χ3v) is 7.30. The van der Waals surface area contributed by atoms with Gasteiger partial charge in [0.2, 0.25) is 5.91 Å². The van der Waals surface area contributed by atoms with Crippen molar-refractivity contribution in [2.24, 2.45) is 0 Å². The van der Waals surface area contributed by atoms with Crippen molar-refractivity contribution in [2.45, 2.75) is 44.4 Å². The van der Waals surface area contributed by atoms with Crippen molar-refractivity contribution < 1.29 is 9.59 Å². The second-order valence-corrected chi connectivity index (χ2v) is 9.92. The summed E-state index contributed by atoms with van der Waals surface area (Å²) >= 11 is 7.46. The van der Waals surface area contributed by atoms with Crippen LogP contribution in [0.1, 0.15) is 46.2 Å². The van der Waals surface area contributed by atoms with E-state index in [1.807, 2.05) is 59.7 Å². The molecule has 35 heavy (non-hydrogen) atoms. The molecule has 0 saturated carbocycles. The minimum Gasteiger partial charge on any atom is -0.328 e. The number of hydrogen-bond acceptors (Lipinski definition) is 5. The Morgan fingerprint density at radius 3 is 2.80 bits per heavy atom. The third-order valence-electron chi connectivity index (χ3n) is 5.92. The molecule has 7 nitrogen and oxygen atoms in total. The number of aromatic nitrogens is 3. The van der Waals surface area contributed by atoms with E-state index >= 15 is 0 Å². The van der Waals surface area contributed by atoms with E-state index in [1.54, 1.807) is 12.1 Å². The van der Waals surface area contributed by atoms with Gasteiger partial charge >= 0.3 is 0 Å². The van der Waals surface area contributed by atoms with Crippen LogP contribution in [0, 0.1) is 13.8 Å². The molecule has 182 valence electrons. The summed E-state index contributed by atoms with van der Waals surface area (Å²) in [6.45, 7) is 8.91. The first-order valence-corrected chi connectivity index (χ1v) is 12.8. The lowest BCUT2D eigenvalue weighted by molar-refractivity contribution is -0.113. The largest absolute Gasteiger partial charge is 0.328 e. The predicted octanol–water partition coefficient (Wildman–Crippen LogP) is 5.44. The molecule has 1 fully saturated rings. The van der Waals surface area contributed by atoms with Crippen LogP contribution < -0.4 is 5.32 Å². The molecule has 1 atom stereocenters. The summed E-state index contributed by atoms with van der Waals surface area (Å²) in [5, 5.41) is 12.9. The Labute approximate surface area is 214 Å². The molecule has 1 N–H and O–H groups in total. The van der Waals surface area contributed by atoms with Gasteiger partial charge in [-0.15, -0.1) is 16.8 Å². The average molecular weight is 510 g/mol. The second kappa shape index (κ2) is 11.1. The van der Waals surface area contributed by atoms with Gasteiger partial charge in [0.15, 0.2) is 11.0 Å². The minimum absolute atomic E-state index is 0.00491. The molecule has 1 aliphatic heterocycles. The zero-order chi connectivity index (χ0) is 24.9. The van der Waals surface area contributed by atoms with E-state index < -0.39 is 0 Å². The van der Waals surface area contributed by atoms with Crippen LogP contribution in [-0.4, -0.2) is 43.8 Å². The third kappa shape index (κ3) is 5.77. The van der Waals surface area contributed by atoms with Crippen LogP contribution in [0.15, 0.2) is 60.3 Å². The Morgan fingerprint density at radius 1 is 1.23 bits per heavy atom. The lowest BCUT2D eigenvalue weighted by Crippen LogP contribution is -2.32. The van der Waals surface area contributed by atoms with E-state index in [-0.39, 0.29) is 23.6 Å². The zero-order valence-corrected chi connectivity index (χ0v) is 21.4. The number of halogens is 1. The molecule has 0 aliphatic carbocycles. The number of rotatable bonds is 8. The minimum atomic E-state index is -0.173. The van der Waals surface area contributed by atoms with Gasteiger partial charge in [-0.3, -0.25) is 9.59 Å². The molecule has 2 heterocycles. The summed E-state index contributed by atoms with van der Waals surface area (Å²) in [5.74, 6) is 0.713. The van der Waals surface area contributed by atoms with Crippen molar-refractivity contribution in [3.05, 3.63) is 82.7 Å². The van der Waals surface area contributed by atoms with Crippen molar-refractivity contribution >= 4 is 40.9 Å². The molecule has 3 aromatic rings. The number of allylic oxidation sites excluding steroid dienone is 1. The van der Waals surface area contributed by atoms with Crippen molar-refractivity contribution in [2.75, 3.05) is 17.6 Å². The van der Waals surface area contributed by atoms with Crippen molar-refractivity contribution in [1.29, 1.82) is 0 Å². The molecule has 1 saturated heterocycles. The van der Waals surface area contributed by atoms with E-state index in [0.29, 0.717) is 34.5 Å². The first kappa shape index (κ1) is 25.0. The Kier molecular flexibility index (Phi) is 7.93. The maximum Gasteiger partial charge on any atom is 0.254 e. The fourth-order valence-electron chi connectivity index (χ4n) is 4.17. The second-order valence-electron chi connectivity index (χ2n) is 8.57. The molecule has 1 aliphatic rings. The molecule has 0 spiro atoms. The fraction of sp³-hybridized carbons (Fsp3) is 0.308. The number of anilines is 1. The summed E-state index contributed by atoms with van der Waals surface area (Å²) in [6, 6.07) is 12.9. The van der Waals surface area contributed by atoms with Gasteiger partial charge < -0.3 is 14.8 Å². The van der Waals surface area contributed by atoms with E-state index in [9.17, 15) is 9.59 Å². The molecular weight excluding hydrogens is 482 g/mol. The Balaban J connectivity index is 1.48. The number of likely N-dealkylation sites (tertiary alicyclic amines) is 1. The zero-order valence-electron chi connectivity index (χ0n) is 19.8. The van der Waals surface area contributed by atoms with Crippen LogP contribution in [0.5, 0.6) is 0 Å². The average Bonchev–Trinajstić information content (AvgIpc) is 3.47. The Bertz CT molecular complexity index is 1260. The van der Waals surface area contributed by atoms with Crippen molar-refractivity contribution in [1.82, 2.24) is 19.7 Å². The normalized spacial score (nSPS) is 15.3. The number of carbonyl (C=O) groups is 2. The van der Waals surface area contributed by atoms with E-state index in [2.05, 4.69) is 22.1 Å². The van der Waals surface area contributed by atoms with E-state index in [0.717, 1.165) is 29.8 Å². The lowest BCUT2D eigenvalue weighted by Gasteiger charge is -2.25. The number of nitrogens with one attached hydrogen (secondary N) is 1. The molecular formula is C26H28ClN5O2S. The highest BCUT2D eigenvalue weighted by atomic mass is 35.5. The van der Waals surface area contributed by atoms with E-state index in [4.69, 9.17) is 11.6 Å². The lowest BCUT2D eigenvalue weighted by atomic mass is 10.1. The van der Waals surface area contributed by atoms with Gasteiger partial charge in [0, 0.05) is 29.4 Å². The fourth-order valence-corrected chi connectivity index (χ4v) is 5.11. The Morgan fingerprint density at radius 2 is 2.06 bits per heavy atom. The van der Waals surface area contributed by atoms with Crippen LogP contribution >= 0.6 is 23.4 Å². The number of amides is 2. The van der Waals surface area contributed by atoms with Gasteiger partial charge in [0.05, 0.1) is 11.8 Å². The van der Waals surface area contributed by atoms with Gasteiger partial charge in [-0.25, -0.2) is 0 Å². The summed E-state index contributed by atoms with van der Waals surface area (Å²) in [7, 11) is 0. The molecule has 0 radical (unpaired) electrons. The first-order valence-electron chi connectivity index (χ1n) is 11.5. The highest BCUT2D eigenvalue weighted by Gasteiger charge is 2.34. The number of carbonyl (C=O) groups excluding carboxylic acids is 2. The molecule has 2 amide bonds. The Hall–Kier alpha value is -3.10. The maximum absolute atomic E-state index is 13.3. The summed E-state index contributed by atoms with van der Waals surface area (Å²) in [4.78, 5) is 27.7. The van der Waals surface area contributed by atoms with Crippen LogP contribution in [-0.2, 0) is 11.3 Å². The van der Waals surface area contributed by atoms with Gasteiger partial charge in [-0.2, -0.15) is 0 Å². The SMILES string of the molecule is C=CCn1c(SCC(=O)Nc2ccc(C)c(Cl)c2)nnc1C1CCCN1C(=O)c1cccc(C)c1. The monoisotopic (exact) mass is 509 g/mol. The smallest absolute Gasteiger partial charge is 0.254 e. The topological polar surface area (TPSA) is 80.1 Å². The number of thioether (sulfide) groups is 1. The summed E-state index contributed by atoms with van der Waals surface area (Å²) in [5.41, 5.74) is 3.32. The van der Waals surface area contributed by atoms with Crippen molar-refractivity contribution in [3.63, 3.8) is 0 Å². The van der Waals surface area contributed by atoms with Gasteiger partial charge in [0.25, 0.3) is 5.91 Å². The number of hydrogen-bond donors (Lipinski definition) is 1. The van der Waals surface area contributed by atoms with E-state index in [1.165, 1.54) is 11.8 Å². The van der Waals surface area contributed by atoms with Gasteiger partial charge in [-0.05, 0) is 56.5 Å². The van der Waals surface area contributed by atoms with Crippen LogP contribution in [0.4, 0.5) is 5.69 Å². The summed E-state index contributed by atoms with van der Waals surface area (Å²) < 4.78 is 1.94. The number of nitrogens with zero attached hydrogens (tertiary/aromatic N) is 4. The van der Waals surface area contributed by atoms with Crippen molar-refractivity contribution in [3.8, 4) is 0 Å². The van der Waals surface area contributed by atoms with Gasteiger partial charge in [-0.1, -0.05) is 53.2 Å². The molecule has 4 rings (SSSR count). The highest BCUT2D eigenvalue weighted by Crippen LogP contribution is 2.34. The molecule has 1 aromatic heterocycles. The van der Waals surface area contributed by atoms with Gasteiger partial charge in [0.1, 0.15) is 0 Å². The number of benzene rings is 2. The first-order chi connectivity index (χ1) is 16.9. The molecule has 9 heteroatoms. The van der Waals surface area contributed by atoms with Crippen LogP contribution in [0.3, 0.4) is 0 Å². The van der Waals surface area contributed by atoms with Crippen LogP contribution in [0.2, 0.25) is 5.02 Å². The predicted molar refractivity (Wildman–Crippen MR) is 140 cm³/mol. The standard InChI is InChI=1S/C26H28ClN5O2S/c1-4-12-32-24(22-9-6-13-31(22)25(34)19-8-5-7-17(2)14-19)29-30-26(32)35-16-23(33)28-20-11-10-18(3)21(27)15-20/h4-5,7-8,10-11,14-15,22H,1,6,9,12-13,16H2,2-3H3,(H,28,33). The molecule has 0 bridgehead atoms. The highest BCUT2D eigenvalue weighted by molar-refractivity contribution is 7.99. The molecule has 2 aromatic carbocycles. The maximum atomic E-state index is 13.3. The summed E-state index contributed by atoms with van der Waals surface area (Å²) in [6.07, 6.45) is 3.48. The number of aryl methyl sites for hydroxylation is 2. The molecule has 1 unspecified atom stereocenters. The quantitative estimate of drug-likeness (QED) is 0.323.